The number of hydrogen-bond acceptors (Lipinski definition) is 3. The van der Waals surface area contributed by atoms with Crippen LogP contribution in [0.25, 0.3) is 0 Å². The summed E-state index contributed by atoms with van der Waals surface area (Å²) >= 11 is 5.82. The van der Waals surface area contributed by atoms with Gasteiger partial charge in [0.05, 0.1) is 22.9 Å². The van der Waals surface area contributed by atoms with Gasteiger partial charge in [0.1, 0.15) is 0 Å². The van der Waals surface area contributed by atoms with Crippen molar-refractivity contribution < 1.29 is 18.0 Å². The summed E-state index contributed by atoms with van der Waals surface area (Å²) < 4.78 is 39.5. The molecule has 0 radical (unpaired) electrons. The first kappa shape index (κ1) is 17.8. The minimum absolute atomic E-state index is 0.119. The van der Waals surface area contributed by atoms with E-state index < -0.39 is 11.7 Å². The molecule has 0 atom stereocenters. The molecule has 0 aromatic heterocycles. The summed E-state index contributed by atoms with van der Waals surface area (Å²) in [7, 11) is 0. The first-order valence-electron chi connectivity index (χ1n) is 6.96. The average Bonchev–Trinajstić information content (AvgIpc) is 2.55. The zero-order valence-corrected chi connectivity index (χ0v) is 13.3. The van der Waals surface area contributed by atoms with Crippen molar-refractivity contribution in [1.82, 2.24) is 0 Å². The van der Waals surface area contributed by atoms with Crippen molar-refractivity contribution in [2.75, 3.05) is 0 Å². The van der Waals surface area contributed by atoms with Crippen molar-refractivity contribution in [2.24, 2.45) is 5.16 Å². The first-order valence-corrected chi connectivity index (χ1v) is 7.34. The van der Waals surface area contributed by atoms with Crippen LogP contribution in [0.5, 0.6) is 5.75 Å². The van der Waals surface area contributed by atoms with Gasteiger partial charge in [-0.15, -0.1) is 0 Å². The largest absolute Gasteiger partial charge is 0.417 e. The monoisotopic (exact) mass is 352 g/mol. The van der Waals surface area contributed by atoms with E-state index in [2.05, 4.69) is 5.16 Å². The minimum Gasteiger partial charge on any atom is -0.357 e. The van der Waals surface area contributed by atoms with E-state index in [4.69, 9.17) is 21.7 Å². The van der Waals surface area contributed by atoms with Gasteiger partial charge in [-0.3, -0.25) is 0 Å². The predicted molar refractivity (Wildman–Crippen MR) is 85.1 cm³/mol. The molecular weight excluding hydrogens is 341 g/mol. The van der Waals surface area contributed by atoms with E-state index in [1.807, 2.05) is 6.07 Å². The van der Waals surface area contributed by atoms with Crippen LogP contribution in [0.1, 0.15) is 30.0 Å². The van der Waals surface area contributed by atoms with Crippen LogP contribution >= 0.6 is 11.6 Å². The molecule has 0 spiro atoms. The number of oxime groups is 1. The molecule has 0 aliphatic heterocycles. The summed E-state index contributed by atoms with van der Waals surface area (Å²) in [5.41, 5.74) is -0.382. The Bertz CT molecular complexity index is 793. The highest BCUT2D eigenvalue weighted by Gasteiger charge is 2.34. The number of benzene rings is 2. The third kappa shape index (κ3) is 4.27. The summed E-state index contributed by atoms with van der Waals surface area (Å²) in [6.07, 6.45) is -4.30. The summed E-state index contributed by atoms with van der Waals surface area (Å²) in [4.78, 5) is 5.19. The molecule has 2 aromatic rings. The fraction of sp³-hybridized carbons (Fsp3) is 0.176. The van der Waals surface area contributed by atoms with Crippen molar-refractivity contribution in [3.8, 4) is 11.8 Å². The maximum atomic E-state index is 13.2. The summed E-state index contributed by atoms with van der Waals surface area (Å²) in [6, 6.07) is 11.4. The Hall–Kier alpha value is -2.52. The van der Waals surface area contributed by atoms with Crippen LogP contribution in [0.3, 0.4) is 0 Å². The zero-order valence-electron chi connectivity index (χ0n) is 12.6. The van der Waals surface area contributed by atoms with Gasteiger partial charge >= 0.3 is 6.18 Å². The SMILES string of the molecule is CC/C(=N\Oc1ccc(C#N)cc1)c1cc(Cl)ccc1C(F)(F)F. The first-order chi connectivity index (χ1) is 11.3. The van der Waals surface area contributed by atoms with E-state index in [0.717, 1.165) is 6.07 Å². The van der Waals surface area contributed by atoms with Gasteiger partial charge in [-0.1, -0.05) is 23.7 Å². The third-order valence-corrected chi connectivity index (χ3v) is 3.41. The normalized spacial score (nSPS) is 11.9. The Morgan fingerprint density at radius 3 is 2.42 bits per heavy atom. The highest BCUT2D eigenvalue weighted by Crippen LogP contribution is 2.34. The van der Waals surface area contributed by atoms with Crippen molar-refractivity contribution in [3.05, 3.63) is 64.2 Å². The van der Waals surface area contributed by atoms with Gasteiger partial charge in [-0.25, -0.2) is 0 Å². The van der Waals surface area contributed by atoms with Gasteiger partial charge in [0.2, 0.25) is 0 Å². The van der Waals surface area contributed by atoms with E-state index in [9.17, 15) is 13.2 Å². The van der Waals surface area contributed by atoms with E-state index in [0.29, 0.717) is 11.3 Å². The second kappa shape index (κ2) is 7.37. The van der Waals surface area contributed by atoms with Crippen LogP contribution in [-0.2, 0) is 6.18 Å². The molecule has 0 heterocycles. The maximum absolute atomic E-state index is 13.2. The second-order valence-corrected chi connectivity index (χ2v) is 5.24. The van der Waals surface area contributed by atoms with Crippen molar-refractivity contribution in [3.63, 3.8) is 0 Å². The summed E-state index contributed by atoms with van der Waals surface area (Å²) in [5.74, 6) is 0.315. The lowest BCUT2D eigenvalue weighted by Gasteiger charge is -2.14. The minimum atomic E-state index is -4.52. The van der Waals surface area contributed by atoms with E-state index in [1.165, 1.54) is 36.4 Å². The molecule has 0 fully saturated rings. The molecule has 124 valence electrons. The molecule has 0 bridgehead atoms. The van der Waals surface area contributed by atoms with Crippen molar-refractivity contribution in [2.45, 2.75) is 19.5 Å². The average molecular weight is 353 g/mol. The van der Waals surface area contributed by atoms with Crippen molar-refractivity contribution in [1.29, 1.82) is 5.26 Å². The molecule has 24 heavy (non-hydrogen) atoms. The number of rotatable bonds is 4. The molecule has 2 rings (SSSR count). The van der Waals surface area contributed by atoms with Crippen LogP contribution in [-0.4, -0.2) is 5.71 Å². The second-order valence-electron chi connectivity index (χ2n) is 4.81. The number of hydrogen-bond donors (Lipinski definition) is 0. The van der Waals surface area contributed by atoms with E-state index in [-0.39, 0.29) is 22.7 Å². The Morgan fingerprint density at radius 2 is 1.88 bits per heavy atom. The Balaban J connectivity index is 2.37. The number of halogens is 4. The molecule has 2 aromatic carbocycles. The molecule has 0 aliphatic rings. The molecule has 0 aliphatic carbocycles. The topological polar surface area (TPSA) is 45.4 Å². The Kier molecular flexibility index (Phi) is 5.47. The maximum Gasteiger partial charge on any atom is 0.417 e. The molecule has 3 nitrogen and oxygen atoms in total. The van der Waals surface area contributed by atoms with Crippen LogP contribution in [0.15, 0.2) is 47.6 Å². The van der Waals surface area contributed by atoms with Gasteiger partial charge in [0.25, 0.3) is 0 Å². The predicted octanol–water partition coefficient (Wildman–Crippen LogP) is 5.42. The fourth-order valence-electron chi connectivity index (χ4n) is 2.00. The summed E-state index contributed by atoms with van der Waals surface area (Å²) in [5, 5.41) is 12.7. The van der Waals surface area contributed by atoms with Crippen molar-refractivity contribution >= 4 is 17.3 Å². The van der Waals surface area contributed by atoms with Gasteiger partial charge < -0.3 is 4.84 Å². The highest BCUT2D eigenvalue weighted by atomic mass is 35.5. The highest BCUT2D eigenvalue weighted by molar-refractivity contribution is 6.31. The molecule has 7 heteroatoms. The zero-order chi connectivity index (χ0) is 17.7. The number of nitrogens with zero attached hydrogens (tertiary/aromatic N) is 2. The Morgan fingerprint density at radius 1 is 1.21 bits per heavy atom. The smallest absolute Gasteiger partial charge is 0.357 e. The standard InChI is InChI=1S/C17H12ClF3N2O/c1-2-16(23-24-13-6-3-11(10-22)4-7-13)14-9-12(18)5-8-15(14)17(19,20)21/h3-9H,2H2,1H3/b23-16+. The van der Waals surface area contributed by atoms with E-state index >= 15 is 0 Å². The number of nitriles is 1. The lowest BCUT2D eigenvalue weighted by atomic mass is 10.0. The van der Waals surface area contributed by atoms with Gasteiger partial charge in [-0.05, 0) is 48.9 Å². The third-order valence-electron chi connectivity index (χ3n) is 3.18. The van der Waals surface area contributed by atoms with Crippen LogP contribution < -0.4 is 4.84 Å². The molecule has 0 unspecified atom stereocenters. The molecular formula is C17H12ClF3N2O. The summed E-state index contributed by atoms with van der Waals surface area (Å²) in [6.45, 7) is 1.67. The van der Waals surface area contributed by atoms with Crippen LogP contribution in [0.4, 0.5) is 13.2 Å². The molecule has 0 saturated heterocycles. The fourth-order valence-corrected chi connectivity index (χ4v) is 2.18. The van der Waals surface area contributed by atoms with Gasteiger partial charge in [-0.2, -0.15) is 18.4 Å². The quantitative estimate of drug-likeness (QED) is 0.544. The molecule has 0 amide bonds. The van der Waals surface area contributed by atoms with Gasteiger partial charge in [0, 0.05) is 10.6 Å². The van der Waals surface area contributed by atoms with Gasteiger partial charge in [0.15, 0.2) is 5.75 Å². The van der Waals surface area contributed by atoms with E-state index in [1.54, 1.807) is 6.92 Å². The number of alkyl halides is 3. The Labute approximate surface area is 141 Å². The molecule has 0 N–H and O–H groups in total. The lowest BCUT2D eigenvalue weighted by molar-refractivity contribution is -0.137. The van der Waals surface area contributed by atoms with Crippen LogP contribution in [0.2, 0.25) is 5.02 Å². The lowest BCUT2D eigenvalue weighted by Crippen LogP contribution is -2.14. The van der Waals surface area contributed by atoms with Crippen LogP contribution in [0, 0.1) is 11.3 Å². The molecule has 0 saturated carbocycles.